The van der Waals surface area contributed by atoms with Gasteiger partial charge in [0.25, 0.3) is 0 Å². The van der Waals surface area contributed by atoms with E-state index in [2.05, 4.69) is 0 Å². The molecule has 0 saturated carbocycles. The molecule has 23 heavy (non-hydrogen) atoms. The Morgan fingerprint density at radius 1 is 1.09 bits per heavy atom. The molecule has 0 aliphatic carbocycles. The largest absolute Gasteiger partial charge is 0.502 e. The summed E-state index contributed by atoms with van der Waals surface area (Å²) in [5.74, 6) is 0.932. The van der Waals surface area contributed by atoms with Crippen molar-refractivity contribution in [2.24, 2.45) is 0 Å². The zero-order chi connectivity index (χ0) is 16.7. The highest BCUT2D eigenvalue weighted by Gasteiger charge is 2.10. The maximum atomic E-state index is 11.8. The number of phenols is 1. The second-order valence-corrected chi connectivity index (χ2v) is 4.68. The first-order valence-corrected chi connectivity index (χ1v) is 6.97. The Morgan fingerprint density at radius 3 is 2.26 bits per heavy atom. The van der Waals surface area contributed by atoms with Crippen molar-refractivity contribution >= 4 is 11.9 Å². The number of hydrogen-bond donors (Lipinski definition) is 1. The monoisotopic (exact) mass is 314 g/mol. The molecule has 0 aliphatic rings. The van der Waals surface area contributed by atoms with E-state index in [1.54, 1.807) is 30.3 Å². The fourth-order valence-electron chi connectivity index (χ4n) is 1.92. The smallest absolute Gasteiger partial charge is 0.200 e. The van der Waals surface area contributed by atoms with Gasteiger partial charge in [-0.05, 0) is 35.9 Å². The van der Waals surface area contributed by atoms with Crippen molar-refractivity contribution in [3.63, 3.8) is 0 Å². The number of rotatable bonds is 7. The number of methoxy groups -OCH3 is 2. The van der Waals surface area contributed by atoms with Gasteiger partial charge in [0.05, 0.1) is 14.2 Å². The Bertz CT molecular complexity index is 667. The average Bonchev–Trinajstić information content (AvgIpc) is 2.59. The predicted molar refractivity (Wildman–Crippen MR) is 87.2 cm³/mol. The third-order valence-corrected chi connectivity index (χ3v) is 3.09. The molecule has 0 spiro atoms. The van der Waals surface area contributed by atoms with E-state index >= 15 is 0 Å². The highest BCUT2D eigenvalue weighted by atomic mass is 16.5. The van der Waals surface area contributed by atoms with E-state index in [0.29, 0.717) is 11.3 Å². The molecule has 0 radical (unpaired) electrons. The van der Waals surface area contributed by atoms with Crippen molar-refractivity contribution in [1.29, 1.82) is 0 Å². The molecule has 0 aliphatic heterocycles. The van der Waals surface area contributed by atoms with Crippen molar-refractivity contribution in [2.45, 2.75) is 0 Å². The molecule has 0 heterocycles. The fourth-order valence-corrected chi connectivity index (χ4v) is 1.92. The van der Waals surface area contributed by atoms with Crippen LogP contribution < -0.4 is 14.2 Å². The van der Waals surface area contributed by atoms with Gasteiger partial charge in [0.1, 0.15) is 5.75 Å². The Balaban J connectivity index is 2.03. The van der Waals surface area contributed by atoms with Gasteiger partial charge in [0.15, 0.2) is 23.9 Å². The van der Waals surface area contributed by atoms with Crippen LogP contribution in [0.15, 0.2) is 48.5 Å². The molecule has 5 nitrogen and oxygen atoms in total. The van der Waals surface area contributed by atoms with Crippen molar-refractivity contribution in [3.8, 4) is 23.0 Å². The molecule has 0 saturated heterocycles. The van der Waals surface area contributed by atoms with Crippen molar-refractivity contribution in [2.75, 3.05) is 20.8 Å². The molecular weight excluding hydrogens is 296 g/mol. The SMILES string of the molecule is COc1cc(C=CC(=O)COc2ccccc2)cc(OC)c1O. The summed E-state index contributed by atoms with van der Waals surface area (Å²) in [4.78, 5) is 11.8. The van der Waals surface area contributed by atoms with Crippen LogP contribution in [0.25, 0.3) is 6.08 Å². The normalized spacial score (nSPS) is 10.5. The molecule has 2 rings (SSSR count). The van der Waals surface area contributed by atoms with Crippen LogP contribution in [0.4, 0.5) is 0 Å². The van der Waals surface area contributed by atoms with Gasteiger partial charge in [0, 0.05) is 0 Å². The van der Waals surface area contributed by atoms with E-state index in [9.17, 15) is 9.90 Å². The Hall–Kier alpha value is -2.95. The van der Waals surface area contributed by atoms with E-state index < -0.39 is 0 Å². The Morgan fingerprint density at radius 2 is 1.70 bits per heavy atom. The molecule has 120 valence electrons. The minimum atomic E-state index is -0.181. The highest BCUT2D eigenvalue weighted by Crippen LogP contribution is 2.37. The lowest BCUT2D eigenvalue weighted by Crippen LogP contribution is -2.07. The lowest BCUT2D eigenvalue weighted by molar-refractivity contribution is -0.116. The fraction of sp³-hybridized carbons (Fsp3) is 0.167. The molecule has 0 bridgehead atoms. The van der Waals surface area contributed by atoms with Crippen molar-refractivity contribution < 1.29 is 24.1 Å². The maximum absolute atomic E-state index is 11.8. The quantitative estimate of drug-likeness (QED) is 0.796. The molecule has 0 atom stereocenters. The van der Waals surface area contributed by atoms with E-state index in [1.165, 1.54) is 20.3 Å². The summed E-state index contributed by atoms with van der Waals surface area (Å²) in [5, 5.41) is 9.84. The van der Waals surface area contributed by atoms with Crippen LogP contribution in [0.5, 0.6) is 23.0 Å². The zero-order valence-corrected chi connectivity index (χ0v) is 13.0. The van der Waals surface area contributed by atoms with Gasteiger partial charge in [-0.15, -0.1) is 0 Å². The van der Waals surface area contributed by atoms with Gasteiger partial charge in [-0.25, -0.2) is 0 Å². The minimum Gasteiger partial charge on any atom is -0.502 e. The summed E-state index contributed by atoms with van der Waals surface area (Å²) in [5.41, 5.74) is 0.671. The number of hydrogen-bond acceptors (Lipinski definition) is 5. The molecule has 1 N–H and O–H groups in total. The summed E-state index contributed by atoms with van der Waals surface area (Å²) in [6, 6.07) is 12.3. The second-order valence-electron chi connectivity index (χ2n) is 4.68. The minimum absolute atomic E-state index is 0.0487. The number of ether oxygens (including phenoxy) is 3. The van der Waals surface area contributed by atoms with E-state index in [1.807, 2.05) is 18.2 Å². The van der Waals surface area contributed by atoms with Gasteiger partial charge >= 0.3 is 0 Å². The lowest BCUT2D eigenvalue weighted by atomic mass is 10.1. The Labute approximate surface area is 134 Å². The van der Waals surface area contributed by atoms with Crippen LogP contribution in [-0.4, -0.2) is 31.7 Å². The maximum Gasteiger partial charge on any atom is 0.200 e. The van der Waals surface area contributed by atoms with Gasteiger partial charge in [0.2, 0.25) is 5.75 Å². The standard InChI is InChI=1S/C18H18O5/c1-21-16-10-13(11-17(22-2)18(16)20)8-9-14(19)12-23-15-6-4-3-5-7-15/h3-11,20H,12H2,1-2H3. The molecule has 0 fully saturated rings. The summed E-state index contributed by atoms with van der Waals surface area (Å²) in [7, 11) is 2.89. The number of aromatic hydroxyl groups is 1. The molecule has 0 aromatic heterocycles. The number of carbonyl (C=O) groups excluding carboxylic acids is 1. The lowest BCUT2D eigenvalue weighted by Gasteiger charge is -2.09. The molecular formula is C18H18O5. The van der Waals surface area contributed by atoms with Gasteiger partial charge in [-0.1, -0.05) is 24.3 Å². The number of para-hydroxylation sites is 1. The zero-order valence-electron chi connectivity index (χ0n) is 13.0. The van der Waals surface area contributed by atoms with E-state index in [-0.39, 0.29) is 29.6 Å². The molecule has 2 aromatic rings. The third-order valence-electron chi connectivity index (χ3n) is 3.09. The number of ketones is 1. The average molecular weight is 314 g/mol. The van der Waals surface area contributed by atoms with E-state index in [0.717, 1.165) is 0 Å². The van der Waals surface area contributed by atoms with Gasteiger partial charge in [-0.3, -0.25) is 4.79 Å². The molecule has 2 aromatic carbocycles. The van der Waals surface area contributed by atoms with E-state index in [4.69, 9.17) is 14.2 Å². The van der Waals surface area contributed by atoms with Crippen LogP contribution >= 0.6 is 0 Å². The summed E-state index contributed by atoms with van der Waals surface area (Å²) in [6.07, 6.45) is 3.02. The Kier molecular flexibility index (Phi) is 5.63. The summed E-state index contributed by atoms with van der Waals surface area (Å²) < 4.78 is 15.5. The molecule has 5 heteroatoms. The van der Waals surface area contributed by atoms with Crippen LogP contribution in [0.3, 0.4) is 0 Å². The number of benzene rings is 2. The van der Waals surface area contributed by atoms with Crippen molar-refractivity contribution in [1.82, 2.24) is 0 Å². The van der Waals surface area contributed by atoms with Crippen LogP contribution in [0.1, 0.15) is 5.56 Å². The number of carbonyl (C=O) groups is 1. The third kappa shape index (κ3) is 4.51. The first-order valence-electron chi connectivity index (χ1n) is 6.97. The van der Waals surface area contributed by atoms with Crippen LogP contribution in [0, 0.1) is 0 Å². The first kappa shape index (κ1) is 16.4. The summed E-state index contributed by atoms with van der Waals surface area (Å²) in [6.45, 7) is -0.0487. The summed E-state index contributed by atoms with van der Waals surface area (Å²) >= 11 is 0. The predicted octanol–water partition coefficient (Wildman–Crippen LogP) is 3.07. The molecule has 0 amide bonds. The topological polar surface area (TPSA) is 65.0 Å². The molecule has 0 unspecified atom stereocenters. The highest BCUT2D eigenvalue weighted by molar-refractivity contribution is 5.94. The van der Waals surface area contributed by atoms with Crippen LogP contribution in [0.2, 0.25) is 0 Å². The van der Waals surface area contributed by atoms with Crippen molar-refractivity contribution in [3.05, 3.63) is 54.1 Å². The first-order chi connectivity index (χ1) is 11.1. The van der Waals surface area contributed by atoms with Gasteiger partial charge in [-0.2, -0.15) is 0 Å². The van der Waals surface area contributed by atoms with Crippen LogP contribution in [-0.2, 0) is 4.79 Å². The number of phenolic OH excluding ortho intramolecular Hbond substituents is 1. The van der Waals surface area contributed by atoms with Gasteiger partial charge < -0.3 is 19.3 Å². The second kappa shape index (κ2) is 7.89.